The van der Waals surface area contributed by atoms with Gasteiger partial charge in [-0.1, -0.05) is 6.07 Å². The van der Waals surface area contributed by atoms with Gasteiger partial charge in [-0.15, -0.1) is 0 Å². The van der Waals surface area contributed by atoms with Gasteiger partial charge in [-0.2, -0.15) is 0 Å². The summed E-state index contributed by atoms with van der Waals surface area (Å²) in [5, 5.41) is 5.13. The predicted octanol–water partition coefficient (Wildman–Crippen LogP) is 3.46. The molecule has 1 aromatic heterocycles. The summed E-state index contributed by atoms with van der Waals surface area (Å²) < 4.78 is 2.53. The van der Waals surface area contributed by atoms with E-state index < -0.39 is 0 Å². The summed E-state index contributed by atoms with van der Waals surface area (Å²) in [7, 11) is 0. The molecule has 1 aliphatic heterocycles. The smallest absolute Gasteiger partial charge is 0.0517 e. The van der Waals surface area contributed by atoms with E-state index in [2.05, 4.69) is 35.9 Å². The fraction of sp³-hybridized carbons (Fsp3) is 0.529. The lowest BCUT2D eigenvalue weighted by Crippen LogP contribution is -2.16. The lowest BCUT2D eigenvalue weighted by atomic mass is 9.99. The van der Waals surface area contributed by atoms with Crippen LogP contribution in [-0.4, -0.2) is 10.6 Å². The van der Waals surface area contributed by atoms with E-state index in [0.29, 0.717) is 0 Å². The van der Waals surface area contributed by atoms with Crippen LogP contribution < -0.4 is 5.32 Å². The van der Waals surface area contributed by atoms with Gasteiger partial charge in [0.15, 0.2) is 0 Å². The first-order chi connectivity index (χ1) is 9.24. The van der Waals surface area contributed by atoms with Gasteiger partial charge in [0.1, 0.15) is 0 Å². The summed E-state index contributed by atoms with van der Waals surface area (Å²) in [5.74, 6) is 0. The minimum absolute atomic E-state index is 0.791. The van der Waals surface area contributed by atoms with Gasteiger partial charge in [-0.05, 0) is 62.3 Å². The van der Waals surface area contributed by atoms with Crippen LogP contribution in [0.3, 0.4) is 0 Å². The molecule has 0 radical (unpaired) electrons. The van der Waals surface area contributed by atoms with Gasteiger partial charge >= 0.3 is 0 Å². The molecule has 1 N–H and O–H groups in total. The Bertz CT molecular complexity index is 647. The maximum absolute atomic E-state index is 3.64. The van der Waals surface area contributed by atoms with Gasteiger partial charge in [0.05, 0.1) is 5.52 Å². The Labute approximate surface area is 114 Å². The molecule has 1 saturated carbocycles. The Balaban J connectivity index is 1.82. The van der Waals surface area contributed by atoms with Gasteiger partial charge < -0.3 is 9.88 Å². The molecule has 0 atom stereocenters. The number of nitrogens with one attached hydrogen (secondary N) is 1. The fourth-order valence-corrected chi connectivity index (χ4v) is 3.48. The number of nitrogens with zero attached hydrogens (tertiary/aromatic N) is 1. The highest BCUT2D eigenvalue weighted by atomic mass is 15.0. The van der Waals surface area contributed by atoms with Crippen molar-refractivity contribution in [2.24, 2.45) is 0 Å². The number of hydrogen-bond acceptors (Lipinski definition) is 1. The normalized spacial score (nSPS) is 18.2. The van der Waals surface area contributed by atoms with Crippen molar-refractivity contribution in [3.63, 3.8) is 0 Å². The Morgan fingerprint density at radius 2 is 2.11 bits per heavy atom. The van der Waals surface area contributed by atoms with Crippen LogP contribution in [-0.2, 0) is 19.5 Å². The van der Waals surface area contributed by atoms with Gasteiger partial charge in [0.25, 0.3) is 0 Å². The quantitative estimate of drug-likeness (QED) is 0.887. The molecular weight excluding hydrogens is 232 g/mol. The van der Waals surface area contributed by atoms with Crippen molar-refractivity contribution < 1.29 is 0 Å². The average molecular weight is 254 g/mol. The van der Waals surface area contributed by atoms with Crippen molar-refractivity contribution in [2.75, 3.05) is 0 Å². The van der Waals surface area contributed by atoms with E-state index >= 15 is 0 Å². The van der Waals surface area contributed by atoms with Crippen LogP contribution in [0.5, 0.6) is 0 Å². The van der Waals surface area contributed by atoms with Crippen LogP contribution in [0.1, 0.15) is 41.6 Å². The number of aromatic nitrogens is 1. The highest BCUT2D eigenvalue weighted by Crippen LogP contribution is 2.33. The van der Waals surface area contributed by atoms with Crippen molar-refractivity contribution in [3.8, 4) is 0 Å². The Morgan fingerprint density at radius 3 is 2.89 bits per heavy atom. The summed E-state index contributed by atoms with van der Waals surface area (Å²) in [6, 6.07) is 5.64. The highest BCUT2D eigenvalue weighted by molar-refractivity contribution is 5.89. The first kappa shape index (κ1) is 11.5. The third-order valence-corrected chi connectivity index (χ3v) is 4.87. The molecule has 1 fully saturated rings. The molecule has 2 aliphatic rings. The molecule has 19 heavy (non-hydrogen) atoms. The van der Waals surface area contributed by atoms with Gasteiger partial charge in [-0.3, -0.25) is 0 Å². The zero-order chi connectivity index (χ0) is 13.0. The van der Waals surface area contributed by atoms with Crippen molar-refractivity contribution >= 4 is 10.9 Å². The van der Waals surface area contributed by atoms with Crippen LogP contribution in [0.15, 0.2) is 12.1 Å². The predicted molar refractivity (Wildman–Crippen MR) is 79.6 cm³/mol. The summed E-state index contributed by atoms with van der Waals surface area (Å²) in [4.78, 5) is 0. The zero-order valence-corrected chi connectivity index (χ0v) is 11.9. The van der Waals surface area contributed by atoms with E-state index in [0.717, 1.165) is 12.6 Å². The van der Waals surface area contributed by atoms with Gasteiger partial charge in [0.2, 0.25) is 0 Å². The fourth-order valence-electron chi connectivity index (χ4n) is 3.48. The molecule has 0 unspecified atom stereocenters. The van der Waals surface area contributed by atoms with Gasteiger partial charge in [0, 0.05) is 30.2 Å². The standard InChI is InChI=1S/C17H22N2/c1-11-12(2)19-7-3-4-14-8-13(9-16(11)17(14)19)10-18-15-5-6-15/h8-9,15,18H,3-7,10H2,1-2H3. The lowest BCUT2D eigenvalue weighted by Gasteiger charge is -2.18. The molecule has 0 saturated heterocycles. The van der Waals surface area contributed by atoms with Crippen molar-refractivity contribution in [1.29, 1.82) is 0 Å². The molecule has 4 rings (SSSR count). The first-order valence-corrected chi connectivity index (χ1v) is 7.58. The van der Waals surface area contributed by atoms with Crippen molar-refractivity contribution in [3.05, 3.63) is 34.5 Å². The van der Waals surface area contributed by atoms with Crippen molar-refractivity contribution in [2.45, 2.75) is 58.7 Å². The molecule has 2 nitrogen and oxygen atoms in total. The summed E-state index contributed by atoms with van der Waals surface area (Å²) in [5.41, 5.74) is 7.48. The second-order valence-corrected chi connectivity index (χ2v) is 6.27. The molecule has 1 aliphatic carbocycles. The summed E-state index contributed by atoms with van der Waals surface area (Å²) in [6.45, 7) is 6.79. The van der Waals surface area contributed by atoms with Gasteiger partial charge in [-0.25, -0.2) is 0 Å². The first-order valence-electron chi connectivity index (χ1n) is 7.58. The van der Waals surface area contributed by atoms with E-state index in [1.165, 1.54) is 60.0 Å². The third-order valence-electron chi connectivity index (χ3n) is 4.87. The third kappa shape index (κ3) is 1.81. The minimum Gasteiger partial charge on any atom is -0.344 e. The summed E-state index contributed by atoms with van der Waals surface area (Å²) in [6.07, 6.45) is 5.26. The molecule has 2 heterocycles. The number of benzene rings is 1. The van der Waals surface area contributed by atoms with Crippen molar-refractivity contribution in [1.82, 2.24) is 9.88 Å². The highest BCUT2D eigenvalue weighted by Gasteiger charge is 2.21. The van der Waals surface area contributed by atoms with Crippen LogP contribution in [0.4, 0.5) is 0 Å². The molecule has 0 amide bonds. The number of rotatable bonds is 3. The Morgan fingerprint density at radius 1 is 1.26 bits per heavy atom. The SMILES string of the molecule is Cc1c(C)n2c3c(cc(CNC4CC4)cc13)CCC2. The Kier molecular flexibility index (Phi) is 2.49. The molecule has 0 spiro atoms. The minimum atomic E-state index is 0.791. The number of hydrogen-bond donors (Lipinski definition) is 1. The average Bonchev–Trinajstić information content (AvgIpc) is 3.22. The van der Waals surface area contributed by atoms with E-state index in [1.807, 2.05) is 0 Å². The molecule has 2 aromatic rings. The zero-order valence-electron chi connectivity index (χ0n) is 11.9. The number of aryl methyl sites for hydroxylation is 3. The monoisotopic (exact) mass is 254 g/mol. The second kappa shape index (κ2) is 4.11. The van der Waals surface area contributed by atoms with E-state index in [1.54, 1.807) is 5.56 Å². The maximum atomic E-state index is 3.64. The van der Waals surface area contributed by atoms with E-state index in [4.69, 9.17) is 0 Å². The topological polar surface area (TPSA) is 17.0 Å². The van der Waals surface area contributed by atoms with Crippen LogP contribution in [0.2, 0.25) is 0 Å². The van der Waals surface area contributed by atoms with Crippen LogP contribution in [0, 0.1) is 13.8 Å². The van der Waals surface area contributed by atoms with Crippen LogP contribution in [0.25, 0.3) is 10.9 Å². The largest absolute Gasteiger partial charge is 0.344 e. The summed E-state index contributed by atoms with van der Waals surface area (Å²) >= 11 is 0. The van der Waals surface area contributed by atoms with Crippen LogP contribution >= 0.6 is 0 Å². The second-order valence-electron chi connectivity index (χ2n) is 6.27. The van der Waals surface area contributed by atoms with E-state index in [-0.39, 0.29) is 0 Å². The molecule has 1 aromatic carbocycles. The lowest BCUT2D eigenvalue weighted by molar-refractivity contribution is 0.620. The van der Waals surface area contributed by atoms with E-state index in [9.17, 15) is 0 Å². The molecule has 100 valence electrons. The molecular formula is C17H22N2. The Hall–Kier alpha value is -1.28. The maximum Gasteiger partial charge on any atom is 0.0517 e. The molecule has 2 heteroatoms. The molecule has 0 bridgehead atoms.